The first kappa shape index (κ1) is 43.7. The molecule has 0 radical (unpaired) electrons. The first-order valence-electron chi connectivity index (χ1n) is 26.4. The number of hydrogen-bond acceptors (Lipinski definition) is 0. The zero-order valence-electron chi connectivity index (χ0n) is 41.7. The van der Waals surface area contributed by atoms with Crippen LogP contribution in [-0.4, -0.2) is 0 Å². The maximum absolute atomic E-state index is 2.51. The molecule has 0 aliphatic heterocycles. The third-order valence-electron chi connectivity index (χ3n) is 16.0. The van der Waals surface area contributed by atoms with Crippen LogP contribution in [0, 0.1) is 0 Å². The van der Waals surface area contributed by atoms with E-state index in [1.54, 1.807) is 0 Å². The molecule has 76 heavy (non-hydrogen) atoms. The molecule has 0 bridgehead atoms. The van der Waals surface area contributed by atoms with E-state index >= 15 is 0 Å². The van der Waals surface area contributed by atoms with E-state index in [0.717, 1.165) is 0 Å². The van der Waals surface area contributed by atoms with Crippen molar-refractivity contribution in [3.05, 3.63) is 291 Å². The Morgan fingerprint density at radius 3 is 0.947 bits per heavy atom. The lowest BCUT2D eigenvalue weighted by Crippen LogP contribution is -1.98. The maximum Gasteiger partial charge on any atom is -0.000719 e. The summed E-state index contributed by atoms with van der Waals surface area (Å²) in [6, 6.07) is 108. The standard InChI is InChI=1S/C76H48/c1-8-24-50(25-9-1)65-62-46-42-49-40-41-58(48-64(49)74(62)70(55-34-18-6-19-35-55)69(54-32-16-5-17-33-54)67(65)52-28-12-3-13-29-52)59-45-43-57-44-47-63-66(51-26-10-2-11-27-51)68(53-30-14-4-15-31-53)71(56-36-20-7-21-37-56)75-61-39-23-22-38-60(61)73(59)72(57)76(63)75/h1-48H. The Hall–Kier alpha value is -9.88. The van der Waals surface area contributed by atoms with Gasteiger partial charge >= 0.3 is 0 Å². The molecule has 352 valence electrons. The topological polar surface area (TPSA) is 0 Å². The van der Waals surface area contributed by atoms with Crippen LogP contribution >= 0.6 is 0 Å². The van der Waals surface area contributed by atoms with Gasteiger partial charge in [-0.2, -0.15) is 0 Å². The second-order valence-electron chi connectivity index (χ2n) is 20.1. The summed E-state index contributed by atoms with van der Waals surface area (Å²) < 4.78 is 0. The third kappa shape index (κ3) is 6.85. The van der Waals surface area contributed by atoms with Gasteiger partial charge in [-0.05, 0) is 160 Å². The summed E-state index contributed by atoms with van der Waals surface area (Å²) in [5, 5.41) is 15.1. The van der Waals surface area contributed by atoms with Gasteiger partial charge in [-0.3, -0.25) is 0 Å². The van der Waals surface area contributed by atoms with Crippen LogP contribution in [0.3, 0.4) is 0 Å². The van der Waals surface area contributed by atoms with Crippen molar-refractivity contribution in [3.63, 3.8) is 0 Å². The predicted molar refractivity (Wildman–Crippen MR) is 326 cm³/mol. The Balaban J connectivity index is 1.12. The van der Waals surface area contributed by atoms with Gasteiger partial charge in [0.05, 0.1) is 0 Å². The summed E-state index contributed by atoms with van der Waals surface area (Å²) in [7, 11) is 0. The minimum Gasteiger partial charge on any atom is -0.0622 e. The van der Waals surface area contributed by atoms with Gasteiger partial charge in [0, 0.05) is 0 Å². The quantitative estimate of drug-likeness (QED) is 0.105. The van der Waals surface area contributed by atoms with Crippen molar-refractivity contribution in [1.29, 1.82) is 0 Å². The van der Waals surface area contributed by atoms with Crippen LogP contribution in [0.15, 0.2) is 291 Å². The van der Waals surface area contributed by atoms with Crippen LogP contribution < -0.4 is 0 Å². The Labute approximate surface area is 442 Å². The zero-order valence-corrected chi connectivity index (χ0v) is 41.7. The Morgan fingerprint density at radius 2 is 0.474 bits per heavy atom. The van der Waals surface area contributed by atoms with Gasteiger partial charge in [0.1, 0.15) is 0 Å². The molecule has 0 aromatic heterocycles. The molecule has 0 heteroatoms. The SMILES string of the molecule is c1ccc(-c2c(-c3ccccc3)c(-c3ccccc3)c3c(ccc4ccc(-c5ccc6ccc7c(-c8ccccc8)c(-c8ccccc8)c(-c8ccccc8)c8c9ccccc9c5c6c78)cc43)c2-c2ccccc2)cc1. The number of rotatable bonds is 8. The fourth-order valence-corrected chi connectivity index (χ4v) is 12.9. The lowest BCUT2D eigenvalue weighted by Gasteiger charge is -2.26. The number of benzene rings is 15. The van der Waals surface area contributed by atoms with Crippen LogP contribution in [0.5, 0.6) is 0 Å². The van der Waals surface area contributed by atoms with E-state index in [0.29, 0.717) is 0 Å². The normalized spacial score (nSPS) is 11.7. The first-order chi connectivity index (χ1) is 37.8. The molecule has 0 N–H and O–H groups in total. The minimum absolute atomic E-state index is 1.19. The number of fused-ring (bicyclic) bond motifs is 6. The van der Waals surface area contributed by atoms with E-state index in [9.17, 15) is 0 Å². The van der Waals surface area contributed by atoms with Crippen LogP contribution in [0.1, 0.15) is 0 Å². The Morgan fingerprint density at radius 1 is 0.145 bits per heavy atom. The van der Waals surface area contributed by atoms with Crippen molar-refractivity contribution in [2.24, 2.45) is 0 Å². The molecule has 0 unspecified atom stereocenters. The molecule has 0 spiro atoms. The van der Waals surface area contributed by atoms with Crippen LogP contribution in [0.25, 0.3) is 154 Å². The first-order valence-corrected chi connectivity index (χ1v) is 26.4. The lowest BCUT2D eigenvalue weighted by atomic mass is 9.76. The maximum atomic E-state index is 2.51. The van der Waals surface area contributed by atoms with E-state index in [4.69, 9.17) is 0 Å². The monoisotopic (exact) mass is 960 g/mol. The Kier molecular flexibility index (Phi) is 10.3. The molecule has 0 atom stereocenters. The van der Waals surface area contributed by atoms with Gasteiger partial charge in [-0.25, -0.2) is 0 Å². The molecule has 15 aromatic rings. The lowest BCUT2D eigenvalue weighted by molar-refractivity contribution is 1.57. The van der Waals surface area contributed by atoms with E-state index < -0.39 is 0 Å². The second-order valence-corrected chi connectivity index (χ2v) is 20.1. The molecule has 0 aliphatic rings. The third-order valence-corrected chi connectivity index (χ3v) is 16.0. The molecule has 0 aliphatic carbocycles. The highest BCUT2D eigenvalue weighted by atomic mass is 14.3. The van der Waals surface area contributed by atoms with Gasteiger partial charge in [-0.1, -0.05) is 285 Å². The van der Waals surface area contributed by atoms with Crippen molar-refractivity contribution < 1.29 is 0 Å². The molecular weight excluding hydrogens is 913 g/mol. The van der Waals surface area contributed by atoms with Crippen molar-refractivity contribution in [2.45, 2.75) is 0 Å². The van der Waals surface area contributed by atoms with Crippen molar-refractivity contribution in [2.75, 3.05) is 0 Å². The summed E-state index contributed by atoms with van der Waals surface area (Å²) in [6.45, 7) is 0. The van der Waals surface area contributed by atoms with Crippen LogP contribution in [0.2, 0.25) is 0 Å². The molecule has 0 saturated carbocycles. The molecule has 0 nitrogen and oxygen atoms in total. The highest BCUT2D eigenvalue weighted by Crippen LogP contribution is 2.56. The zero-order chi connectivity index (χ0) is 50.1. The van der Waals surface area contributed by atoms with E-state index in [1.165, 1.54) is 154 Å². The summed E-state index contributed by atoms with van der Waals surface area (Å²) in [4.78, 5) is 0. The summed E-state index contributed by atoms with van der Waals surface area (Å²) in [6.07, 6.45) is 0. The summed E-state index contributed by atoms with van der Waals surface area (Å²) >= 11 is 0. The van der Waals surface area contributed by atoms with Gasteiger partial charge in [0.25, 0.3) is 0 Å². The van der Waals surface area contributed by atoms with Gasteiger partial charge < -0.3 is 0 Å². The highest BCUT2D eigenvalue weighted by molar-refractivity contribution is 6.41. The highest BCUT2D eigenvalue weighted by Gasteiger charge is 2.28. The summed E-state index contributed by atoms with van der Waals surface area (Å²) in [5.41, 5.74) is 19.5. The van der Waals surface area contributed by atoms with Gasteiger partial charge in [0.2, 0.25) is 0 Å². The van der Waals surface area contributed by atoms with Crippen molar-refractivity contribution in [1.82, 2.24) is 0 Å². The van der Waals surface area contributed by atoms with E-state index in [1.807, 2.05) is 0 Å². The van der Waals surface area contributed by atoms with E-state index in [-0.39, 0.29) is 0 Å². The largest absolute Gasteiger partial charge is 0.0622 e. The molecule has 0 saturated heterocycles. The molecule has 15 rings (SSSR count). The Bertz CT molecular complexity index is 4660. The molecule has 15 aromatic carbocycles. The molecular formula is C76H48. The fourth-order valence-electron chi connectivity index (χ4n) is 12.9. The average molecular weight is 961 g/mol. The van der Waals surface area contributed by atoms with Gasteiger partial charge in [-0.15, -0.1) is 0 Å². The average Bonchev–Trinajstić information content (AvgIpc) is 3.69. The second kappa shape index (κ2) is 18.0. The minimum atomic E-state index is 1.19. The number of hydrogen-bond donors (Lipinski definition) is 0. The van der Waals surface area contributed by atoms with Crippen LogP contribution in [0.4, 0.5) is 0 Å². The molecule has 0 heterocycles. The van der Waals surface area contributed by atoms with Crippen molar-refractivity contribution in [3.8, 4) is 89.0 Å². The molecule has 0 amide bonds. The van der Waals surface area contributed by atoms with Crippen molar-refractivity contribution >= 4 is 64.6 Å². The fraction of sp³-hybridized carbons (Fsp3) is 0. The van der Waals surface area contributed by atoms with Crippen LogP contribution in [-0.2, 0) is 0 Å². The van der Waals surface area contributed by atoms with E-state index in [2.05, 4.69) is 291 Å². The van der Waals surface area contributed by atoms with Gasteiger partial charge in [0.15, 0.2) is 0 Å². The smallest absolute Gasteiger partial charge is 0.000719 e. The predicted octanol–water partition coefficient (Wildman–Crippen LogP) is 21.4. The molecule has 0 fully saturated rings. The summed E-state index contributed by atoms with van der Waals surface area (Å²) in [5.74, 6) is 0.